The summed E-state index contributed by atoms with van der Waals surface area (Å²) in [5.41, 5.74) is 14.3. The van der Waals surface area contributed by atoms with Crippen LogP contribution in [0.3, 0.4) is 0 Å². The van der Waals surface area contributed by atoms with E-state index in [4.69, 9.17) is 4.42 Å². The van der Waals surface area contributed by atoms with Gasteiger partial charge in [-0.05, 0) is 115 Å². The molecule has 272 valence electrons. The summed E-state index contributed by atoms with van der Waals surface area (Å²) in [6, 6.07) is 80.9. The Morgan fingerprint density at radius 3 is 1.62 bits per heavy atom. The van der Waals surface area contributed by atoms with Gasteiger partial charge in [0.1, 0.15) is 11.2 Å². The van der Waals surface area contributed by atoms with Crippen molar-refractivity contribution in [2.45, 2.75) is 0 Å². The van der Waals surface area contributed by atoms with Crippen molar-refractivity contribution in [2.24, 2.45) is 0 Å². The largest absolute Gasteiger partial charge is 0.456 e. The first-order valence-electron chi connectivity index (χ1n) is 19.8. The average Bonchev–Trinajstić information content (AvgIpc) is 3.69. The molecular formula is C56H37NO. The van der Waals surface area contributed by atoms with Gasteiger partial charge in [-0.25, -0.2) is 0 Å². The minimum atomic E-state index is 0.889. The van der Waals surface area contributed by atoms with E-state index in [-0.39, 0.29) is 0 Å². The highest BCUT2D eigenvalue weighted by Gasteiger charge is 2.21. The van der Waals surface area contributed by atoms with Crippen LogP contribution in [0.25, 0.3) is 88.0 Å². The van der Waals surface area contributed by atoms with Crippen molar-refractivity contribution >= 4 is 60.5 Å². The molecule has 0 aliphatic rings. The van der Waals surface area contributed by atoms with Crippen LogP contribution in [0.15, 0.2) is 229 Å². The molecule has 0 fully saturated rings. The minimum Gasteiger partial charge on any atom is -0.456 e. The van der Waals surface area contributed by atoms with E-state index in [1.165, 1.54) is 38.2 Å². The molecule has 0 radical (unpaired) electrons. The molecular weight excluding hydrogens is 703 g/mol. The second-order valence-electron chi connectivity index (χ2n) is 14.9. The van der Waals surface area contributed by atoms with Crippen molar-refractivity contribution in [3.8, 4) is 44.5 Å². The lowest BCUT2D eigenvalue weighted by atomic mass is 9.95. The van der Waals surface area contributed by atoms with E-state index in [0.717, 1.165) is 66.8 Å². The van der Waals surface area contributed by atoms with Gasteiger partial charge < -0.3 is 9.32 Å². The topological polar surface area (TPSA) is 16.4 Å². The zero-order valence-electron chi connectivity index (χ0n) is 31.7. The number of nitrogens with zero attached hydrogens (tertiary/aromatic N) is 1. The molecule has 0 aliphatic carbocycles. The Kier molecular flexibility index (Phi) is 8.19. The quantitative estimate of drug-likeness (QED) is 0.162. The number of fused-ring (bicyclic) bond motifs is 5. The number of benzene rings is 10. The highest BCUT2D eigenvalue weighted by atomic mass is 16.3. The summed E-state index contributed by atoms with van der Waals surface area (Å²) >= 11 is 0. The van der Waals surface area contributed by atoms with Gasteiger partial charge in [-0.15, -0.1) is 0 Å². The van der Waals surface area contributed by atoms with Gasteiger partial charge in [-0.3, -0.25) is 0 Å². The highest BCUT2D eigenvalue weighted by Crippen LogP contribution is 2.45. The van der Waals surface area contributed by atoms with E-state index in [9.17, 15) is 0 Å². The SMILES string of the molecule is c1ccc(-c2ccc(-c3ccc4ccccc4c3)cc2N(c2ccc(-c3ccc4ccccc4c3)cc2)c2cccc(-c3cccc4oc5ccccc5c34)c2)cc1. The van der Waals surface area contributed by atoms with Gasteiger partial charge >= 0.3 is 0 Å². The van der Waals surface area contributed by atoms with Gasteiger partial charge in [0, 0.05) is 27.7 Å². The van der Waals surface area contributed by atoms with E-state index in [0.29, 0.717) is 0 Å². The maximum absolute atomic E-state index is 6.34. The van der Waals surface area contributed by atoms with E-state index in [1.54, 1.807) is 0 Å². The monoisotopic (exact) mass is 739 g/mol. The lowest BCUT2D eigenvalue weighted by Gasteiger charge is -2.29. The highest BCUT2D eigenvalue weighted by molar-refractivity contribution is 6.12. The minimum absolute atomic E-state index is 0.889. The van der Waals surface area contributed by atoms with E-state index < -0.39 is 0 Å². The van der Waals surface area contributed by atoms with Crippen LogP contribution >= 0.6 is 0 Å². The molecule has 0 spiro atoms. The molecule has 0 saturated carbocycles. The molecule has 2 nitrogen and oxygen atoms in total. The van der Waals surface area contributed by atoms with Gasteiger partial charge in [0.05, 0.1) is 5.69 Å². The van der Waals surface area contributed by atoms with Gasteiger partial charge in [0.15, 0.2) is 0 Å². The summed E-state index contributed by atoms with van der Waals surface area (Å²) in [6.45, 7) is 0. The summed E-state index contributed by atoms with van der Waals surface area (Å²) in [6.07, 6.45) is 0. The van der Waals surface area contributed by atoms with Crippen LogP contribution in [0, 0.1) is 0 Å². The average molecular weight is 740 g/mol. The molecule has 0 bridgehead atoms. The predicted octanol–water partition coefficient (Wildman–Crippen LogP) is 16.0. The summed E-state index contributed by atoms with van der Waals surface area (Å²) in [5, 5.41) is 7.19. The third-order valence-electron chi connectivity index (χ3n) is 11.4. The van der Waals surface area contributed by atoms with E-state index in [1.807, 2.05) is 12.1 Å². The standard InChI is InChI=1S/C56H37NO/c1-2-14-41(15-3-1)50-33-30-46(45-27-25-39-13-5-7-17-43(39)35-45)37-53(50)57(48-31-28-40(29-32-48)44-26-24-38-12-4-6-16-42(38)34-44)49-19-10-18-47(36-49)51-21-11-23-55-56(51)52-20-8-9-22-54(52)58-55/h1-37H. The first-order chi connectivity index (χ1) is 28.7. The van der Waals surface area contributed by atoms with Crippen molar-refractivity contribution < 1.29 is 4.42 Å². The third-order valence-corrected chi connectivity index (χ3v) is 11.4. The molecule has 11 aromatic rings. The lowest BCUT2D eigenvalue weighted by molar-refractivity contribution is 0.669. The number of hydrogen-bond donors (Lipinski definition) is 0. The van der Waals surface area contributed by atoms with Crippen LogP contribution in [0.2, 0.25) is 0 Å². The summed E-state index contributed by atoms with van der Waals surface area (Å²) in [4.78, 5) is 2.42. The van der Waals surface area contributed by atoms with Crippen LogP contribution in [0.4, 0.5) is 17.1 Å². The van der Waals surface area contributed by atoms with Crippen LogP contribution < -0.4 is 4.90 Å². The summed E-state index contributed by atoms with van der Waals surface area (Å²) in [7, 11) is 0. The fourth-order valence-electron chi connectivity index (χ4n) is 8.55. The second kappa shape index (κ2) is 14.1. The zero-order valence-corrected chi connectivity index (χ0v) is 31.7. The van der Waals surface area contributed by atoms with Crippen molar-refractivity contribution in [3.63, 3.8) is 0 Å². The number of rotatable bonds is 7. The predicted molar refractivity (Wildman–Crippen MR) is 245 cm³/mol. The molecule has 0 saturated heterocycles. The lowest BCUT2D eigenvalue weighted by Crippen LogP contribution is -2.11. The molecule has 10 aromatic carbocycles. The van der Waals surface area contributed by atoms with E-state index in [2.05, 4.69) is 217 Å². The molecule has 11 rings (SSSR count). The maximum Gasteiger partial charge on any atom is 0.136 e. The molecule has 0 aliphatic heterocycles. The first kappa shape index (κ1) is 33.6. The van der Waals surface area contributed by atoms with Crippen molar-refractivity contribution in [2.75, 3.05) is 4.90 Å². The summed E-state index contributed by atoms with van der Waals surface area (Å²) < 4.78 is 6.34. The smallest absolute Gasteiger partial charge is 0.136 e. The van der Waals surface area contributed by atoms with Crippen LogP contribution in [-0.2, 0) is 0 Å². The number of anilines is 3. The van der Waals surface area contributed by atoms with Gasteiger partial charge in [0.2, 0.25) is 0 Å². The molecule has 58 heavy (non-hydrogen) atoms. The second-order valence-corrected chi connectivity index (χ2v) is 14.9. The Morgan fingerprint density at radius 1 is 0.293 bits per heavy atom. The van der Waals surface area contributed by atoms with Crippen molar-refractivity contribution in [3.05, 3.63) is 224 Å². The fraction of sp³-hybridized carbons (Fsp3) is 0. The Morgan fingerprint density at radius 2 is 0.862 bits per heavy atom. The Labute approximate surface area is 337 Å². The van der Waals surface area contributed by atoms with Gasteiger partial charge in [0.25, 0.3) is 0 Å². The van der Waals surface area contributed by atoms with Crippen molar-refractivity contribution in [1.29, 1.82) is 0 Å². The summed E-state index contributed by atoms with van der Waals surface area (Å²) in [5.74, 6) is 0. The van der Waals surface area contributed by atoms with Crippen LogP contribution in [0.1, 0.15) is 0 Å². The van der Waals surface area contributed by atoms with Crippen LogP contribution in [-0.4, -0.2) is 0 Å². The number of hydrogen-bond acceptors (Lipinski definition) is 2. The molecule has 1 aromatic heterocycles. The molecule has 1 heterocycles. The number of furan rings is 1. The maximum atomic E-state index is 6.34. The first-order valence-corrected chi connectivity index (χ1v) is 19.8. The normalized spacial score (nSPS) is 11.4. The van der Waals surface area contributed by atoms with E-state index >= 15 is 0 Å². The molecule has 0 unspecified atom stereocenters. The van der Waals surface area contributed by atoms with Gasteiger partial charge in [-0.1, -0.05) is 170 Å². The fourth-order valence-corrected chi connectivity index (χ4v) is 8.55. The third kappa shape index (κ3) is 6.00. The molecule has 2 heteroatoms. The molecule has 0 N–H and O–H groups in total. The Balaban J connectivity index is 1.12. The van der Waals surface area contributed by atoms with Crippen molar-refractivity contribution in [1.82, 2.24) is 0 Å². The molecule has 0 amide bonds. The zero-order chi connectivity index (χ0) is 38.4. The Bertz CT molecular complexity index is 3290. The Hall–Kier alpha value is -7.68. The van der Waals surface area contributed by atoms with Crippen LogP contribution in [0.5, 0.6) is 0 Å². The molecule has 0 atom stereocenters. The van der Waals surface area contributed by atoms with Gasteiger partial charge in [-0.2, -0.15) is 0 Å². The number of para-hydroxylation sites is 1.